The fraction of sp³-hybridized carbons (Fsp3) is 0.286. The minimum absolute atomic E-state index is 0.188. The summed E-state index contributed by atoms with van der Waals surface area (Å²) < 4.78 is 9.59. The number of hydrogen-bond donors (Lipinski definition) is 0. The number of benzene rings is 1. The first-order valence-electron chi connectivity index (χ1n) is 9.45. The molecule has 4 aromatic rings. The second kappa shape index (κ2) is 7.81. The van der Waals surface area contributed by atoms with Gasteiger partial charge in [-0.3, -0.25) is 18.6 Å². The monoisotopic (exact) mass is 446 g/mol. The van der Waals surface area contributed by atoms with Crippen molar-refractivity contribution in [2.45, 2.75) is 26.9 Å². The molecule has 156 valence electrons. The molecule has 1 aromatic carbocycles. The van der Waals surface area contributed by atoms with Crippen LogP contribution in [0.25, 0.3) is 22.3 Å². The first-order chi connectivity index (χ1) is 14.3. The summed E-state index contributed by atoms with van der Waals surface area (Å²) >= 11 is 12.6. The molecule has 0 fully saturated rings. The van der Waals surface area contributed by atoms with Crippen molar-refractivity contribution >= 4 is 34.2 Å². The lowest BCUT2D eigenvalue weighted by Crippen LogP contribution is -2.38. The maximum absolute atomic E-state index is 13.1. The highest BCUT2D eigenvalue weighted by molar-refractivity contribution is 6.42. The smallest absolute Gasteiger partial charge is 0.332 e. The van der Waals surface area contributed by atoms with E-state index in [4.69, 9.17) is 27.6 Å². The van der Waals surface area contributed by atoms with Gasteiger partial charge in [-0.25, -0.2) is 4.79 Å². The molecule has 0 saturated carbocycles. The number of halogens is 2. The first kappa shape index (κ1) is 20.5. The van der Waals surface area contributed by atoms with Crippen molar-refractivity contribution in [2.75, 3.05) is 0 Å². The predicted molar refractivity (Wildman–Crippen MR) is 117 cm³/mol. The predicted octanol–water partition coefficient (Wildman–Crippen LogP) is 4.17. The normalized spacial score (nSPS) is 11.7. The van der Waals surface area contributed by atoms with E-state index >= 15 is 0 Å². The number of aromatic nitrogens is 4. The summed E-state index contributed by atoms with van der Waals surface area (Å²) in [5, 5.41) is 5.89. The summed E-state index contributed by atoms with van der Waals surface area (Å²) in [6.07, 6.45) is 3.07. The molecular formula is C21H20Cl2N4O3. The number of rotatable bonds is 5. The molecule has 0 unspecified atom stereocenters. The van der Waals surface area contributed by atoms with Crippen LogP contribution in [0.5, 0.6) is 0 Å². The molecule has 7 nitrogen and oxygen atoms in total. The van der Waals surface area contributed by atoms with Gasteiger partial charge in [-0.1, -0.05) is 49.2 Å². The van der Waals surface area contributed by atoms with Crippen LogP contribution in [0.15, 0.2) is 50.8 Å². The second-order valence-corrected chi connectivity index (χ2v) is 8.37. The molecule has 0 saturated heterocycles. The molecule has 0 aliphatic heterocycles. The van der Waals surface area contributed by atoms with Crippen LogP contribution < -0.4 is 11.2 Å². The van der Waals surface area contributed by atoms with E-state index in [2.05, 4.69) is 5.10 Å². The Kier molecular flexibility index (Phi) is 5.34. The van der Waals surface area contributed by atoms with Crippen LogP contribution in [0, 0.1) is 5.92 Å². The van der Waals surface area contributed by atoms with E-state index in [0.29, 0.717) is 38.9 Å². The largest absolute Gasteiger partial charge is 0.472 e. The molecule has 3 heterocycles. The van der Waals surface area contributed by atoms with Gasteiger partial charge in [0.25, 0.3) is 5.56 Å². The van der Waals surface area contributed by atoms with Crippen molar-refractivity contribution in [2.24, 2.45) is 13.0 Å². The van der Waals surface area contributed by atoms with E-state index in [1.807, 2.05) is 19.9 Å². The van der Waals surface area contributed by atoms with Crippen LogP contribution in [0.3, 0.4) is 0 Å². The lowest BCUT2D eigenvalue weighted by Gasteiger charge is -2.10. The van der Waals surface area contributed by atoms with Crippen LogP contribution in [0.4, 0.5) is 0 Å². The SMILES string of the molecule is CC(C)Cn1c(=O)n(C)c(=O)c2c(-c3ccoc3)n(Cc3cccc(Cl)c3Cl)nc21. The Morgan fingerprint density at radius 2 is 1.93 bits per heavy atom. The van der Waals surface area contributed by atoms with Crippen molar-refractivity contribution in [1.29, 1.82) is 0 Å². The number of nitrogens with zero attached hydrogens (tertiary/aromatic N) is 4. The molecule has 4 rings (SSSR count). The van der Waals surface area contributed by atoms with Crippen molar-refractivity contribution < 1.29 is 4.42 Å². The van der Waals surface area contributed by atoms with E-state index in [-0.39, 0.29) is 12.5 Å². The zero-order valence-corrected chi connectivity index (χ0v) is 18.2. The van der Waals surface area contributed by atoms with Crippen molar-refractivity contribution in [1.82, 2.24) is 18.9 Å². The lowest BCUT2D eigenvalue weighted by atomic mass is 10.1. The quantitative estimate of drug-likeness (QED) is 0.460. The zero-order valence-electron chi connectivity index (χ0n) is 16.7. The van der Waals surface area contributed by atoms with Gasteiger partial charge in [0.15, 0.2) is 5.65 Å². The average Bonchev–Trinajstić information content (AvgIpc) is 3.34. The highest BCUT2D eigenvalue weighted by atomic mass is 35.5. The summed E-state index contributed by atoms with van der Waals surface area (Å²) in [5.41, 5.74) is 1.53. The molecule has 0 aliphatic rings. The van der Waals surface area contributed by atoms with Gasteiger partial charge >= 0.3 is 5.69 Å². The number of fused-ring (bicyclic) bond motifs is 1. The molecule has 0 radical (unpaired) electrons. The van der Waals surface area contributed by atoms with Gasteiger partial charge in [-0.15, -0.1) is 0 Å². The Hall–Kier alpha value is -2.77. The third-order valence-corrected chi connectivity index (χ3v) is 5.78. The molecule has 9 heteroatoms. The van der Waals surface area contributed by atoms with Crippen molar-refractivity contribution in [3.05, 3.63) is 73.2 Å². The number of hydrogen-bond acceptors (Lipinski definition) is 4. The van der Waals surface area contributed by atoms with Crippen molar-refractivity contribution in [3.63, 3.8) is 0 Å². The molecule has 3 aromatic heterocycles. The maximum atomic E-state index is 13.1. The molecule has 0 bridgehead atoms. The van der Waals surface area contributed by atoms with Gasteiger partial charge in [0.1, 0.15) is 5.39 Å². The molecule has 0 atom stereocenters. The van der Waals surface area contributed by atoms with Crippen molar-refractivity contribution in [3.8, 4) is 11.3 Å². The third kappa shape index (κ3) is 3.38. The molecule has 0 aliphatic carbocycles. The minimum Gasteiger partial charge on any atom is -0.472 e. The molecule has 0 N–H and O–H groups in total. The van der Waals surface area contributed by atoms with E-state index < -0.39 is 11.2 Å². The minimum atomic E-state index is -0.408. The van der Waals surface area contributed by atoms with Gasteiger partial charge in [0.2, 0.25) is 0 Å². The lowest BCUT2D eigenvalue weighted by molar-refractivity contribution is 0.498. The molecule has 0 spiro atoms. The summed E-state index contributed by atoms with van der Waals surface area (Å²) in [5.74, 6) is 0.188. The van der Waals surface area contributed by atoms with Crippen LogP contribution in [-0.4, -0.2) is 18.9 Å². The Morgan fingerprint density at radius 3 is 2.60 bits per heavy atom. The maximum Gasteiger partial charge on any atom is 0.332 e. The molecule has 30 heavy (non-hydrogen) atoms. The van der Waals surface area contributed by atoms with Gasteiger partial charge in [-0.2, -0.15) is 5.10 Å². The van der Waals surface area contributed by atoms with Crippen LogP contribution >= 0.6 is 23.2 Å². The summed E-state index contributed by atoms with van der Waals surface area (Å²) in [6, 6.07) is 7.11. The summed E-state index contributed by atoms with van der Waals surface area (Å²) in [6.45, 7) is 4.71. The van der Waals surface area contributed by atoms with Crippen LogP contribution in [0.1, 0.15) is 19.4 Å². The fourth-order valence-corrected chi connectivity index (χ4v) is 3.91. The third-order valence-electron chi connectivity index (χ3n) is 4.92. The van der Waals surface area contributed by atoms with E-state index in [0.717, 1.165) is 10.1 Å². The van der Waals surface area contributed by atoms with Gasteiger partial charge < -0.3 is 4.42 Å². The van der Waals surface area contributed by atoms with Crippen LogP contribution in [-0.2, 0) is 20.1 Å². The standard InChI is InChI=1S/C21H20Cl2N4O3/c1-12(2)9-26-19-16(20(28)25(3)21(26)29)18(14-7-8-30-11-14)27(24-19)10-13-5-4-6-15(22)17(13)23/h4-8,11-12H,9-10H2,1-3H3. The summed E-state index contributed by atoms with van der Waals surface area (Å²) in [7, 11) is 1.48. The number of furan rings is 1. The summed E-state index contributed by atoms with van der Waals surface area (Å²) in [4.78, 5) is 25.9. The Morgan fingerprint density at radius 1 is 1.17 bits per heavy atom. The highest BCUT2D eigenvalue weighted by Crippen LogP contribution is 2.30. The topological polar surface area (TPSA) is 75.0 Å². The molecule has 0 amide bonds. The fourth-order valence-electron chi connectivity index (χ4n) is 3.53. The Balaban J connectivity index is 2.06. The first-order valence-corrected chi connectivity index (χ1v) is 10.2. The van der Waals surface area contributed by atoms with Crippen LogP contribution in [0.2, 0.25) is 10.0 Å². The van der Waals surface area contributed by atoms with Gasteiger partial charge in [0, 0.05) is 19.2 Å². The van der Waals surface area contributed by atoms with Gasteiger partial charge in [0.05, 0.1) is 34.8 Å². The highest BCUT2D eigenvalue weighted by Gasteiger charge is 2.23. The van der Waals surface area contributed by atoms with E-state index in [1.165, 1.54) is 13.3 Å². The second-order valence-electron chi connectivity index (χ2n) is 7.58. The van der Waals surface area contributed by atoms with Gasteiger partial charge in [-0.05, 0) is 23.6 Å². The van der Waals surface area contributed by atoms with E-state index in [1.54, 1.807) is 33.7 Å². The Labute approximate surface area is 182 Å². The van der Waals surface area contributed by atoms with E-state index in [9.17, 15) is 9.59 Å². The Bertz CT molecular complexity index is 1350. The zero-order chi connectivity index (χ0) is 21.6. The average molecular weight is 447 g/mol. The molecular weight excluding hydrogens is 427 g/mol.